The van der Waals surface area contributed by atoms with Crippen LogP contribution in [-0.2, 0) is 17.4 Å². The molecule has 0 aliphatic heterocycles. The van der Waals surface area contributed by atoms with Crippen molar-refractivity contribution in [2.75, 3.05) is 5.32 Å². The molecule has 0 aromatic carbocycles. The third-order valence-corrected chi connectivity index (χ3v) is 6.07. The lowest BCUT2D eigenvalue weighted by atomic mass is 10.0. The lowest BCUT2D eigenvalue weighted by molar-refractivity contribution is -0.140. The van der Waals surface area contributed by atoms with Gasteiger partial charge in [0.25, 0.3) is 5.92 Å². The molecule has 1 atom stereocenters. The molecule has 182 valence electrons. The first-order valence-electron chi connectivity index (χ1n) is 11.0. The minimum absolute atomic E-state index is 0.0386. The molecule has 4 aromatic rings. The molecule has 1 saturated carbocycles. The molecular formula is C24H20F5N5O. The van der Waals surface area contributed by atoms with E-state index in [2.05, 4.69) is 20.3 Å². The van der Waals surface area contributed by atoms with Gasteiger partial charge in [-0.15, -0.1) is 0 Å². The lowest BCUT2D eigenvalue weighted by Gasteiger charge is -2.12. The first-order valence-corrected chi connectivity index (χ1v) is 11.0. The van der Waals surface area contributed by atoms with Gasteiger partial charge in [0, 0.05) is 53.3 Å². The highest BCUT2D eigenvalue weighted by Crippen LogP contribution is 2.49. The minimum atomic E-state index is -4.68. The Morgan fingerprint density at radius 3 is 2.54 bits per heavy atom. The van der Waals surface area contributed by atoms with Gasteiger partial charge in [0.15, 0.2) is 5.69 Å². The van der Waals surface area contributed by atoms with Gasteiger partial charge in [-0.1, -0.05) is 13.3 Å². The number of pyridine rings is 3. The van der Waals surface area contributed by atoms with Crippen LogP contribution < -0.4 is 5.32 Å². The highest BCUT2D eigenvalue weighted by Gasteiger charge is 2.61. The Labute approximate surface area is 196 Å². The molecule has 4 aromatic heterocycles. The summed E-state index contributed by atoms with van der Waals surface area (Å²) in [7, 11) is 0. The van der Waals surface area contributed by atoms with Gasteiger partial charge in [0.1, 0.15) is 17.4 Å². The number of aromatic nitrogens is 4. The molecule has 1 N–H and O–H groups in total. The number of amides is 1. The van der Waals surface area contributed by atoms with Gasteiger partial charge in [-0.3, -0.25) is 14.2 Å². The predicted octanol–water partition coefficient (Wildman–Crippen LogP) is 5.82. The molecule has 1 unspecified atom stereocenters. The molecule has 1 aliphatic carbocycles. The van der Waals surface area contributed by atoms with E-state index in [0.717, 1.165) is 30.3 Å². The maximum absolute atomic E-state index is 13.6. The van der Waals surface area contributed by atoms with Crippen molar-refractivity contribution >= 4 is 28.3 Å². The summed E-state index contributed by atoms with van der Waals surface area (Å²) in [6.07, 6.45) is 0.333. The Morgan fingerprint density at radius 1 is 1.17 bits per heavy atom. The van der Waals surface area contributed by atoms with Crippen molar-refractivity contribution in [2.24, 2.45) is 5.92 Å². The summed E-state index contributed by atoms with van der Waals surface area (Å²) in [5.74, 6) is -5.40. The van der Waals surface area contributed by atoms with Gasteiger partial charge < -0.3 is 5.32 Å². The number of halogens is 5. The number of carbonyl (C=O) groups excluding carboxylic acids is 1. The summed E-state index contributed by atoms with van der Waals surface area (Å²) in [6.45, 7) is 3.88. The van der Waals surface area contributed by atoms with Crippen molar-refractivity contribution in [3.05, 3.63) is 53.7 Å². The minimum Gasteiger partial charge on any atom is -0.310 e. The van der Waals surface area contributed by atoms with E-state index in [1.807, 2.05) is 19.9 Å². The van der Waals surface area contributed by atoms with Gasteiger partial charge in [0.05, 0.1) is 5.52 Å². The van der Waals surface area contributed by atoms with Crippen LogP contribution in [0.4, 0.5) is 27.8 Å². The number of alkyl halides is 5. The topological polar surface area (TPSA) is 72.2 Å². The number of aryl methyl sites for hydroxylation is 2. The fourth-order valence-corrected chi connectivity index (χ4v) is 4.15. The van der Waals surface area contributed by atoms with Crippen molar-refractivity contribution in [3.8, 4) is 11.1 Å². The van der Waals surface area contributed by atoms with Crippen LogP contribution in [0, 0.1) is 12.8 Å². The Hall–Kier alpha value is -3.63. The van der Waals surface area contributed by atoms with E-state index in [-0.39, 0.29) is 17.0 Å². The van der Waals surface area contributed by atoms with Crippen LogP contribution >= 0.6 is 0 Å². The molecule has 35 heavy (non-hydrogen) atoms. The lowest BCUT2D eigenvalue weighted by Crippen LogP contribution is -2.18. The maximum Gasteiger partial charge on any atom is 0.434 e. The summed E-state index contributed by atoms with van der Waals surface area (Å²) in [5, 5.41) is 2.81. The number of nitrogens with one attached hydrogen (secondary N) is 1. The van der Waals surface area contributed by atoms with Gasteiger partial charge in [-0.2, -0.15) is 13.2 Å². The van der Waals surface area contributed by atoms with Crippen molar-refractivity contribution in [3.63, 3.8) is 0 Å². The summed E-state index contributed by atoms with van der Waals surface area (Å²) in [6, 6.07) is 4.91. The van der Waals surface area contributed by atoms with Crippen LogP contribution in [0.25, 0.3) is 27.7 Å². The zero-order chi connectivity index (χ0) is 25.1. The number of hydrogen-bond donors (Lipinski definition) is 1. The van der Waals surface area contributed by atoms with E-state index >= 15 is 0 Å². The van der Waals surface area contributed by atoms with Gasteiger partial charge in [-0.05, 0) is 31.0 Å². The van der Waals surface area contributed by atoms with Gasteiger partial charge in [-0.25, -0.2) is 18.7 Å². The van der Waals surface area contributed by atoms with Crippen LogP contribution in [0.15, 0.2) is 36.8 Å². The fraction of sp³-hybridized carbons (Fsp3) is 0.333. The summed E-state index contributed by atoms with van der Waals surface area (Å²) >= 11 is 0. The number of nitrogens with zero attached hydrogens (tertiary/aromatic N) is 4. The van der Waals surface area contributed by atoms with Crippen LogP contribution in [0.2, 0.25) is 0 Å². The Bertz CT molecular complexity index is 1480. The van der Waals surface area contributed by atoms with Crippen molar-refractivity contribution in [1.82, 2.24) is 19.4 Å². The monoisotopic (exact) mass is 489 g/mol. The molecule has 4 heterocycles. The Morgan fingerprint density at radius 2 is 1.91 bits per heavy atom. The third-order valence-electron chi connectivity index (χ3n) is 6.07. The van der Waals surface area contributed by atoms with Crippen molar-refractivity contribution < 1.29 is 26.7 Å². The van der Waals surface area contributed by atoms with Crippen molar-refractivity contribution in [1.29, 1.82) is 0 Å². The second kappa shape index (κ2) is 7.96. The molecule has 0 bridgehead atoms. The van der Waals surface area contributed by atoms with Gasteiger partial charge in [0.2, 0.25) is 5.91 Å². The largest absolute Gasteiger partial charge is 0.434 e. The first-order chi connectivity index (χ1) is 16.5. The average molecular weight is 489 g/mol. The Kier molecular flexibility index (Phi) is 5.26. The number of imidazole rings is 1. The molecule has 1 amide bonds. The third kappa shape index (κ3) is 4.19. The molecule has 5 rings (SSSR count). The number of fused-ring (bicyclic) bond motifs is 3. The predicted molar refractivity (Wildman–Crippen MR) is 119 cm³/mol. The van der Waals surface area contributed by atoms with E-state index in [0.29, 0.717) is 16.5 Å². The van der Waals surface area contributed by atoms with Crippen LogP contribution in [0.5, 0.6) is 0 Å². The zero-order valence-corrected chi connectivity index (χ0v) is 18.7. The molecule has 0 radical (unpaired) electrons. The molecule has 6 nitrogen and oxygen atoms in total. The standard InChI is InChI=1S/C24H20F5N5O/c1-3-4-14-5-12(2)16(10-30-14)15-6-13-9-31-20(33-22(35)17-8-23(17,25)26)7-18(13)34-11-19(24(27,28)29)32-21(15)34/h5-7,9-11,17H,3-4,8H2,1-2H3,(H,31,33,35). The average Bonchev–Trinajstić information content (AvgIpc) is 3.20. The zero-order valence-electron chi connectivity index (χ0n) is 18.7. The van der Waals surface area contributed by atoms with E-state index in [4.69, 9.17) is 0 Å². The quantitative estimate of drug-likeness (QED) is 0.359. The summed E-state index contributed by atoms with van der Waals surface area (Å²) in [4.78, 5) is 24.5. The van der Waals surface area contributed by atoms with E-state index in [1.165, 1.54) is 16.7 Å². The molecule has 0 spiro atoms. The number of carbonyl (C=O) groups is 1. The van der Waals surface area contributed by atoms with Gasteiger partial charge >= 0.3 is 6.18 Å². The highest BCUT2D eigenvalue weighted by molar-refractivity contribution is 5.97. The maximum atomic E-state index is 13.6. The summed E-state index contributed by atoms with van der Waals surface area (Å²) < 4.78 is 68.4. The van der Waals surface area contributed by atoms with E-state index in [9.17, 15) is 26.7 Å². The number of rotatable bonds is 5. The van der Waals surface area contributed by atoms with Crippen molar-refractivity contribution in [2.45, 2.75) is 45.2 Å². The number of hydrogen-bond acceptors (Lipinski definition) is 4. The number of anilines is 1. The van der Waals surface area contributed by atoms with Crippen LogP contribution in [0.1, 0.15) is 36.7 Å². The van der Waals surface area contributed by atoms with E-state index < -0.39 is 36.0 Å². The first kappa shape index (κ1) is 23.1. The second-order valence-corrected chi connectivity index (χ2v) is 8.75. The summed E-state index contributed by atoms with van der Waals surface area (Å²) in [5.41, 5.74) is 2.04. The van der Waals surface area contributed by atoms with Crippen LogP contribution in [0.3, 0.4) is 0 Å². The van der Waals surface area contributed by atoms with Crippen LogP contribution in [-0.4, -0.2) is 31.2 Å². The smallest absolute Gasteiger partial charge is 0.310 e. The van der Waals surface area contributed by atoms with E-state index in [1.54, 1.807) is 12.3 Å². The normalized spacial score (nSPS) is 17.2. The molecule has 11 heteroatoms. The highest BCUT2D eigenvalue weighted by atomic mass is 19.4. The molecule has 0 saturated heterocycles. The molecule has 1 aliphatic rings. The fourth-order valence-electron chi connectivity index (χ4n) is 4.15. The molecule has 1 fully saturated rings. The SMILES string of the molecule is CCCc1cc(C)c(-c2cc3cnc(NC(=O)C4CC4(F)F)cc3n3cc(C(F)(F)F)nc23)cn1. The Balaban J connectivity index is 1.66. The second-order valence-electron chi connectivity index (χ2n) is 8.75. The molecular weight excluding hydrogens is 469 g/mol.